The number of amides is 2. The van der Waals surface area contributed by atoms with Crippen molar-refractivity contribution in [3.8, 4) is 0 Å². The van der Waals surface area contributed by atoms with Crippen LogP contribution < -0.4 is 10.6 Å². The third kappa shape index (κ3) is 3.62. The number of carboxylic acids is 1. The van der Waals surface area contributed by atoms with Gasteiger partial charge in [-0.15, -0.1) is 0 Å². The standard InChI is InChI=1S/C14H24N2O4/c1-10-5-6-11(20-10)9-15-13(19)16-14(12(17)18)7-3-2-4-8-14/h10-11H,2-9H2,1H3,(H,17,18)(H2,15,16,19). The molecule has 2 aliphatic rings. The maximum absolute atomic E-state index is 11.9. The Kier molecular flexibility index (Phi) is 4.86. The van der Waals surface area contributed by atoms with Crippen molar-refractivity contribution in [2.24, 2.45) is 0 Å². The summed E-state index contributed by atoms with van der Waals surface area (Å²) < 4.78 is 5.62. The molecule has 1 saturated carbocycles. The van der Waals surface area contributed by atoms with Crippen molar-refractivity contribution >= 4 is 12.0 Å². The average molecular weight is 284 g/mol. The molecule has 2 atom stereocenters. The second-order valence-corrected chi connectivity index (χ2v) is 5.93. The number of carbonyl (C=O) groups excluding carboxylic acids is 1. The van der Waals surface area contributed by atoms with Gasteiger partial charge in [-0.3, -0.25) is 0 Å². The van der Waals surface area contributed by atoms with Crippen molar-refractivity contribution in [3.05, 3.63) is 0 Å². The molecule has 1 saturated heterocycles. The van der Waals surface area contributed by atoms with E-state index in [4.69, 9.17) is 4.74 Å². The van der Waals surface area contributed by atoms with Crippen LogP contribution in [0.5, 0.6) is 0 Å². The van der Waals surface area contributed by atoms with Gasteiger partial charge in [0.15, 0.2) is 0 Å². The van der Waals surface area contributed by atoms with Gasteiger partial charge in [-0.05, 0) is 32.6 Å². The van der Waals surface area contributed by atoms with Gasteiger partial charge in [-0.25, -0.2) is 9.59 Å². The van der Waals surface area contributed by atoms with Gasteiger partial charge >= 0.3 is 12.0 Å². The van der Waals surface area contributed by atoms with Crippen LogP contribution in [0.4, 0.5) is 4.79 Å². The second kappa shape index (κ2) is 6.43. The van der Waals surface area contributed by atoms with E-state index in [9.17, 15) is 14.7 Å². The number of rotatable bonds is 4. The van der Waals surface area contributed by atoms with E-state index in [1.807, 2.05) is 6.92 Å². The molecule has 0 aromatic rings. The van der Waals surface area contributed by atoms with Crippen LogP contribution in [-0.4, -0.2) is 41.4 Å². The van der Waals surface area contributed by atoms with Crippen molar-refractivity contribution in [2.45, 2.75) is 69.6 Å². The fourth-order valence-electron chi connectivity index (χ4n) is 3.05. The highest BCUT2D eigenvalue weighted by molar-refractivity contribution is 5.86. The van der Waals surface area contributed by atoms with E-state index in [-0.39, 0.29) is 12.2 Å². The zero-order chi connectivity index (χ0) is 14.6. The van der Waals surface area contributed by atoms with Crippen molar-refractivity contribution in [1.82, 2.24) is 10.6 Å². The molecule has 2 unspecified atom stereocenters. The summed E-state index contributed by atoms with van der Waals surface area (Å²) in [5.41, 5.74) is -1.09. The zero-order valence-electron chi connectivity index (χ0n) is 12.0. The summed E-state index contributed by atoms with van der Waals surface area (Å²) in [6, 6.07) is -0.405. The topological polar surface area (TPSA) is 87.7 Å². The molecule has 1 aliphatic carbocycles. The highest BCUT2D eigenvalue weighted by Gasteiger charge is 2.41. The monoisotopic (exact) mass is 284 g/mol. The fraction of sp³-hybridized carbons (Fsp3) is 0.857. The number of hydrogen-bond donors (Lipinski definition) is 3. The van der Waals surface area contributed by atoms with Gasteiger partial charge in [0, 0.05) is 6.54 Å². The summed E-state index contributed by atoms with van der Waals surface area (Å²) >= 11 is 0. The Hall–Kier alpha value is -1.30. The Morgan fingerprint density at radius 2 is 1.95 bits per heavy atom. The Bertz CT molecular complexity index is 366. The molecule has 3 N–H and O–H groups in total. The van der Waals surface area contributed by atoms with Gasteiger partial charge in [-0.2, -0.15) is 0 Å². The molecule has 0 bridgehead atoms. The van der Waals surface area contributed by atoms with E-state index in [1.54, 1.807) is 0 Å². The summed E-state index contributed by atoms with van der Waals surface area (Å²) in [5, 5.41) is 14.8. The molecule has 0 aromatic carbocycles. The molecule has 6 heteroatoms. The molecule has 2 rings (SSSR count). The maximum Gasteiger partial charge on any atom is 0.329 e. The van der Waals surface area contributed by atoms with Crippen LogP contribution in [0.3, 0.4) is 0 Å². The van der Waals surface area contributed by atoms with Gasteiger partial charge in [0.25, 0.3) is 0 Å². The van der Waals surface area contributed by atoms with Gasteiger partial charge in [0.2, 0.25) is 0 Å². The van der Waals surface area contributed by atoms with Crippen molar-refractivity contribution in [3.63, 3.8) is 0 Å². The third-order valence-electron chi connectivity index (χ3n) is 4.28. The molecule has 114 valence electrons. The molecule has 0 radical (unpaired) electrons. The SMILES string of the molecule is CC1CCC(CNC(=O)NC2(C(=O)O)CCCCC2)O1. The Balaban J connectivity index is 1.81. The number of aliphatic carboxylic acids is 1. The lowest BCUT2D eigenvalue weighted by Gasteiger charge is -2.34. The van der Waals surface area contributed by atoms with Gasteiger partial charge in [0.1, 0.15) is 5.54 Å². The minimum Gasteiger partial charge on any atom is -0.480 e. The van der Waals surface area contributed by atoms with Gasteiger partial charge in [-0.1, -0.05) is 19.3 Å². The fourth-order valence-corrected chi connectivity index (χ4v) is 3.05. The van der Waals surface area contributed by atoms with E-state index in [0.717, 1.165) is 32.1 Å². The smallest absolute Gasteiger partial charge is 0.329 e. The molecule has 0 aromatic heterocycles. The lowest BCUT2D eigenvalue weighted by Crippen LogP contribution is -2.58. The minimum absolute atomic E-state index is 0.0443. The van der Waals surface area contributed by atoms with E-state index >= 15 is 0 Å². The number of carboxylic acid groups (broad SMARTS) is 1. The van der Waals surface area contributed by atoms with E-state index in [0.29, 0.717) is 19.4 Å². The van der Waals surface area contributed by atoms with Crippen LogP contribution >= 0.6 is 0 Å². The van der Waals surface area contributed by atoms with Crippen LogP contribution in [0.25, 0.3) is 0 Å². The number of ether oxygens (including phenoxy) is 1. The lowest BCUT2D eigenvalue weighted by molar-refractivity contribution is -0.145. The molecule has 6 nitrogen and oxygen atoms in total. The highest BCUT2D eigenvalue weighted by Crippen LogP contribution is 2.28. The third-order valence-corrected chi connectivity index (χ3v) is 4.28. The van der Waals surface area contributed by atoms with Crippen LogP contribution in [-0.2, 0) is 9.53 Å². The van der Waals surface area contributed by atoms with Crippen LogP contribution in [0, 0.1) is 0 Å². The number of urea groups is 1. The molecule has 20 heavy (non-hydrogen) atoms. The van der Waals surface area contributed by atoms with E-state index in [2.05, 4.69) is 10.6 Å². The average Bonchev–Trinajstić information content (AvgIpc) is 2.83. The van der Waals surface area contributed by atoms with Gasteiger partial charge < -0.3 is 20.5 Å². The molecular formula is C14H24N2O4. The summed E-state index contributed by atoms with van der Waals surface area (Å²) in [5.74, 6) is -0.932. The molecular weight excluding hydrogens is 260 g/mol. The number of hydrogen-bond acceptors (Lipinski definition) is 3. The molecule has 0 spiro atoms. The van der Waals surface area contributed by atoms with Crippen LogP contribution in [0.2, 0.25) is 0 Å². The first-order valence-electron chi connectivity index (χ1n) is 7.47. The highest BCUT2D eigenvalue weighted by atomic mass is 16.5. The summed E-state index contributed by atoms with van der Waals surface area (Å²) in [6.07, 6.45) is 5.96. The maximum atomic E-state index is 11.9. The van der Waals surface area contributed by atoms with Crippen molar-refractivity contribution in [1.29, 1.82) is 0 Å². The summed E-state index contributed by atoms with van der Waals surface area (Å²) in [7, 11) is 0. The Labute approximate surface area is 119 Å². The largest absolute Gasteiger partial charge is 0.480 e. The van der Waals surface area contributed by atoms with Crippen molar-refractivity contribution < 1.29 is 19.4 Å². The molecule has 1 heterocycles. The number of nitrogens with one attached hydrogen (secondary N) is 2. The van der Waals surface area contributed by atoms with Crippen LogP contribution in [0.1, 0.15) is 51.9 Å². The molecule has 2 amide bonds. The predicted octanol–water partition coefficient (Wildman–Crippen LogP) is 1.64. The summed E-state index contributed by atoms with van der Waals surface area (Å²) in [4.78, 5) is 23.4. The first-order chi connectivity index (χ1) is 9.52. The zero-order valence-corrected chi connectivity index (χ0v) is 12.0. The Morgan fingerprint density at radius 1 is 1.25 bits per heavy atom. The lowest BCUT2D eigenvalue weighted by atomic mass is 9.82. The van der Waals surface area contributed by atoms with Crippen molar-refractivity contribution in [2.75, 3.05) is 6.54 Å². The number of carbonyl (C=O) groups is 2. The van der Waals surface area contributed by atoms with Crippen LogP contribution in [0.15, 0.2) is 0 Å². The van der Waals surface area contributed by atoms with E-state index < -0.39 is 17.5 Å². The minimum atomic E-state index is -1.09. The summed E-state index contributed by atoms with van der Waals surface area (Å²) in [6.45, 7) is 2.45. The Morgan fingerprint density at radius 3 is 2.50 bits per heavy atom. The molecule has 2 fully saturated rings. The first-order valence-corrected chi connectivity index (χ1v) is 7.47. The second-order valence-electron chi connectivity index (χ2n) is 5.93. The predicted molar refractivity (Wildman–Crippen MR) is 73.6 cm³/mol. The first kappa shape index (κ1) is 15.1. The van der Waals surface area contributed by atoms with E-state index in [1.165, 1.54) is 0 Å². The normalized spacial score (nSPS) is 28.9. The van der Waals surface area contributed by atoms with Gasteiger partial charge in [0.05, 0.1) is 12.2 Å². The molecule has 1 aliphatic heterocycles. The quantitative estimate of drug-likeness (QED) is 0.732.